The number of nitrogens with zero attached hydrogens (tertiary/aromatic N) is 2. The Morgan fingerprint density at radius 1 is 1.48 bits per heavy atom. The van der Waals surface area contributed by atoms with Crippen molar-refractivity contribution in [2.75, 3.05) is 11.9 Å². The first-order valence-corrected chi connectivity index (χ1v) is 8.49. The van der Waals surface area contributed by atoms with Crippen LogP contribution in [0.3, 0.4) is 0 Å². The molecule has 118 valence electrons. The van der Waals surface area contributed by atoms with Gasteiger partial charge in [0.2, 0.25) is 0 Å². The first kappa shape index (κ1) is 16.5. The molecule has 6 heteroatoms. The second kappa shape index (κ2) is 6.92. The van der Waals surface area contributed by atoms with Crippen LogP contribution >= 0.6 is 15.9 Å². The van der Waals surface area contributed by atoms with E-state index in [1.54, 1.807) is 10.9 Å². The molecular formula is C15H24BrN3O2. The lowest BCUT2D eigenvalue weighted by Gasteiger charge is -2.32. The van der Waals surface area contributed by atoms with E-state index in [4.69, 9.17) is 0 Å². The van der Waals surface area contributed by atoms with Crippen molar-refractivity contribution in [3.05, 3.63) is 21.0 Å². The lowest BCUT2D eigenvalue weighted by molar-refractivity contribution is 0.202. The summed E-state index contributed by atoms with van der Waals surface area (Å²) in [5.74, 6) is 0.573. The molecule has 1 saturated carbocycles. The molecule has 1 aromatic heterocycles. The van der Waals surface area contributed by atoms with Gasteiger partial charge in [-0.15, -0.1) is 0 Å². The van der Waals surface area contributed by atoms with Gasteiger partial charge in [0.05, 0.1) is 22.8 Å². The molecule has 1 aromatic rings. The lowest BCUT2D eigenvalue weighted by Crippen LogP contribution is -2.43. The molecule has 1 aliphatic rings. The molecule has 5 nitrogen and oxygen atoms in total. The maximum atomic E-state index is 12.6. The molecule has 0 radical (unpaired) electrons. The Balaban J connectivity index is 2.29. The fourth-order valence-electron chi connectivity index (χ4n) is 2.59. The summed E-state index contributed by atoms with van der Waals surface area (Å²) < 4.78 is 2.20. The van der Waals surface area contributed by atoms with Gasteiger partial charge >= 0.3 is 0 Å². The quantitative estimate of drug-likeness (QED) is 0.787. The molecule has 0 saturated heterocycles. The summed E-state index contributed by atoms with van der Waals surface area (Å²) in [6, 6.07) is 0. The highest BCUT2D eigenvalue weighted by Gasteiger charge is 2.28. The van der Waals surface area contributed by atoms with Crippen LogP contribution in [0.25, 0.3) is 0 Å². The number of hydrogen-bond donors (Lipinski definition) is 2. The normalized spacial score (nSPS) is 15.8. The van der Waals surface area contributed by atoms with Crippen LogP contribution in [0, 0.1) is 5.92 Å². The number of halogens is 1. The zero-order valence-corrected chi connectivity index (χ0v) is 14.3. The lowest BCUT2D eigenvalue weighted by atomic mass is 9.85. The van der Waals surface area contributed by atoms with Crippen molar-refractivity contribution in [1.29, 1.82) is 0 Å². The van der Waals surface area contributed by atoms with Crippen molar-refractivity contribution in [2.24, 2.45) is 5.92 Å². The minimum Gasteiger partial charge on any atom is -0.394 e. The summed E-state index contributed by atoms with van der Waals surface area (Å²) in [4.78, 5) is 12.6. The molecule has 0 amide bonds. The first-order valence-electron chi connectivity index (χ1n) is 7.70. The van der Waals surface area contributed by atoms with Crippen LogP contribution in [0.1, 0.15) is 46.0 Å². The second-order valence-electron chi connectivity index (χ2n) is 5.92. The summed E-state index contributed by atoms with van der Waals surface area (Å²) in [6.07, 6.45) is 6.76. The number of anilines is 1. The Bertz CT molecular complexity index is 528. The van der Waals surface area contributed by atoms with Crippen molar-refractivity contribution in [3.8, 4) is 0 Å². The van der Waals surface area contributed by atoms with Gasteiger partial charge in [0.25, 0.3) is 5.56 Å². The van der Waals surface area contributed by atoms with Gasteiger partial charge in [0, 0.05) is 6.54 Å². The van der Waals surface area contributed by atoms with Crippen molar-refractivity contribution in [1.82, 2.24) is 9.78 Å². The molecular weight excluding hydrogens is 334 g/mol. The molecule has 0 aromatic carbocycles. The Morgan fingerprint density at radius 3 is 2.62 bits per heavy atom. The Labute approximate surface area is 133 Å². The summed E-state index contributed by atoms with van der Waals surface area (Å²) >= 11 is 3.40. The molecule has 0 aliphatic heterocycles. The molecule has 0 unspecified atom stereocenters. The van der Waals surface area contributed by atoms with E-state index in [0.717, 1.165) is 12.8 Å². The maximum absolute atomic E-state index is 12.6. The Kier molecular flexibility index (Phi) is 5.43. The van der Waals surface area contributed by atoms with Gasteiger partial charge in [-0.25, -0.2) is 4.68 Å². The maximum Gasteiger partial charge on any atom is 0.291 e. The zero-order valence-electron chi connectivity index (χ0n) is 12.7. The first-order chi connectivity index (χ1) is 10.0. The summed E-state index contributed by atoms with van der Waals surface area (Å²) in [5.41, 5.74) is -0.0739. The average molecular weight is 358 g/mol. The fourth-order valence-corrected chi connectivity index (χ4v) is 2.95. The number of aromatic nitrogens is 2. The van der Waals surface area contributed by atoms with E-state index in [-0.39, 0.29) is 12.2 Å². The monoisotopic (exact) mass is 357 g/mol. The topological polar surface area (TPSA) is 67.2 Å². The predicted molar refractivity (Wildman–Crippen MR) is 87.6 cm³/mol. The number of hydrogen-bond acceptors (Lipinski definition) is 4. The van der Waals surface area contributed by atoms with Gasteiger partial charge in [-0.1, -0.05) is 20.3 Å². The summed E-state index contributed by atoms with van der Waals surface area (Å²) in [5, 5.41) is 17.2. The van der Waals surface area contributed by atoms with Gasteiger partial charge in [-0.3, -0.25) is 4.79 Å². The minimum absolute atomic E-state index is 0.00315. The predicted octanol–water partition coefficient (Wildman–Crippen LogP) is 2.77. The molecule has 2 N–H and O–H groups in total. The standard InChI is InChI=1S/C15H24BrN3O2/c1-3-15(4-2,10-20)18-13-12(16)8-17-19(14(13)21)9-11-6-5-7-11/h8,11,18,20H,3-7,9-10H2,1-2H3. The number of rotatable bonds is 7. The van der Waals surface area contributed by atoms with E-state index >= 15 is 0 Å². The van der Waals surface area contributed by atoms with E-state index in [1.807, 2.05) is 13.8 Å². The van der Waals surface area contributed by atoms with E-state index < -0.39 is 5.54 Å². The Hall–Kier alpha value is -0.880. The van der Waals surface area contributed by atoms with Crippen LogP contribution in [0.15, 0.2) is 15.5 Å². The second-order valence-corrected chi connectivity index (χ2v) is 6.78. The molecule has 2 rings (SSSR count). The molecule has 0 spiro atoms. The summed E-state index contributed by atoms with van der Waals surface area (Å²) in [7, 11) is 0. The van der Waals surface area contributed by atoms with E-state index in [1.165, 1.54) is 19.3 Å². The third-order valence-corrected chi connectivity index (χ3v) is 5.30. The largest absolute Gasteiger partial charge is 0.394 e. The van der Waals surface area contributed by atoms with Gasteiger partial charge < -0.3 is 10.4 Å². The molecule has 0 atom stereocenters. The van der Waals surface area contributed by atoms with Crippen LogP contribution in [0.5, 0.6) is 0 Å². The van der Waals surface area contributed by atoms with Gasteiger partial charge in [0.1, 0.15) is 5.69 Å². The average Bonchev–Trinajstić information content (AvgIpc) is 2.46. The van der Waals surface area contributed by atoms with Crippen LogP contribution in [0.4, 0.5) is 5.69 Å². The highest BCUT2D eigenvalue weighted by Crippen LogP contribution is 2.28. The molecule has 1 heterocycles. The number of aliphatic hydroxyl groups excluding tert-OH is 1. The molecule has 21 heavy (non-hydrogen) atoms. The van der Waals surface area contributed by atoms with Gasteiger partial charge in [-0.05, 0) is 47.5 Å². The Morgan fingerprint density at radius 2 is 2.14 bits per heavy atom. The smallest absolute Gasteiger partial charge is 0.291 e. The zero-order chi connectivity index (χ0) is 15.5. The third kappa shape index (κ3) is 3.48. The van der Waals surface area contributed by atoms with Crippen LogP contribution in [0.2, 0.25) is 0 Å². The van der Waals surface area contributed by atoms with Crippen LogP contribution < -0.4 is 10.9 Å². The number of aliphatic hydroxyl groups is 1. The highest BCUT2D eigenvalue weighted by atomic mass is 79.9. The van der Waals surface area contributed by atoms with Gasteiger partial charge in [-0.2, -0.15) is 5.10 Å². The molecule has 0 bridgehead atoms. The third-order valence-electron chi connectivity index (χ3n) is 4.70. The minimum atomic E-state index is -0.461. The highest BCUT2D eigenvalue weighted by molar-refractivity contribution is 9.10. The molecule has 1 aliphatic carbocycles. The molecule has 1 fully saturated rings. The van der Waals surface area contributed by atoms with Crippen LogP contribution in [-0.2, 0) is 6.54 Å². The van der Waals surface area contributed by atoms with E-state index in [2.05, 4.69) is 26.3 Å². The SMILES string of the molecule is CCC(CC)(CO)Nc1c(Br)cnn(CC2CCC2)c1=O. The van der Waals surface area contributed by atoms with Crippen LogP contribution in [-0.4, -0.2) is 27.0 Å². The van der Waals surface area contributed by atoms with Crippen molar-refractivity contribution < 1.29 is 5.11 Å². The van der Waals surface area contributed by atoms with Crippen molar-refractivity contribution >= 4 is 21.6 Å². The summed E-state index contributed by atoms with van der Waals surface area (Å²) in [6.45, 7) is 4.70. The van der Waals surface area contributed by atoms with Gasteiger partial charge in [0.15, 0.2) is 0 Å². The van der Waals surface area contributed by atoms with Crippen molar-refractivity contribution in [2.45, 2.75) is 58.0 Å². The fraction of sp³-hybridized carbons (Fsp3) is 0.733. The van der Waals surface area contributed by atoms with Crippen molar-refractivity contribution in [3.63, 3.8) is 0 Å². The number of nitrogens with one attached hydrogen (secondary N) is 1. The van der Waals surface area contributed by atoms with E-state index in [0.29, 0.717) is 22.6 Å². The van der Waals surface area contributed by atoms with E-state index in [9.17, 15) is 9.90 Å².